The average molecular weight is 355 g/mol. The van der Waals surface area contributed by atoms with Gasteiger partial charge in [0.1, 0.15) is 5.75 Å². The molecule has 2 aromatic heterocycles. The molecule has 5 heteroatoms. The first-order valence-electron chi connectivity index (χ1n) is 8.54. The first-order valence-corrected chi connectivity index (χ1v) is 8.54. The van der Waals surface area contributed by atoms with Crippen LogP contribution in [-0.4, -0.2) is 21.0 Å². The highest BCUT2D eigenvalue weighted by atomic mass is 16.3. The highest BCUT2D eigenvalue weighted by Crippen LogP contribution is 2.27. The summed E-state index contributed by atoms with van der Waals surface area (Å²) in [5.74, 6) is -0.288. The van der Waals surface area contributed by atoms with E-state index < -0.39 is 0 Å². The van der Waals surface area contributed by atoms with E-state index in [1.54, 1.807) is 30.5 Å². The average Bonchev–Trinajstić information content (AvgIpc) is 2.70. The third kappa shape index (κ3) is 3.35. The van der Waals surface area contributed by atoms with Gasteiger partial charge in [0.05, 0.1) is 28.2 Å². The predicted molar refractivity (Wildman–Crippen MR) is 106 cm³/mol. The first-order chi connectivity index (χ1) is 13.1. The molecule has 0 unspecified atom stereocenters. The maximum atomic E-state index is 13.0. The number of fused-ring (bicyclic) bond motifs is 1. The first kappa shape index (κ1) is 16.7. The topological polar surface area (TPSA) is 75.1 Å². The molecule has 0 aliphatic carbocycles. The summed E-state index contributed by atoms with van der Waals surface area (Å²) in [5.41, 5.74) is 3.81. The van der Waals surface area contributed by atoms with E-state index in [0.717, 1.165) is 10.9 Å². The zero-order chi connectivity index (χ0) is 18.8. The fourth-order valence-electron chi connectivity index (χ4n) is 2.95. The smallest absolute Gasteiger partial charge is 0.256 e. The molecule has 2 heterocycles. The number of phenolic OH excluding ortho intramolecular Hbond substituents is 1. The number of hydrogen-bond donors (Lipinski definition) is 2. The van der Waals surface area contributed by atoms with Crippen LogP contribution in [0.2, 0.25) is 0 Å². The molecule has 0 aliphatic rings. The molecule has 0 saturated heterocycles. The largest absolute Gasteiger partial charge is 0.506 e. The van der Waals surface area contributed by atoms with Gasteiger partial charge in [-0.1, -0.05) is 30.3 Å². The van der Waals surface area contributed by atoms with Gasteiger partial charge in [0, 0.05) is 11.6 Å². The third-order valence-electron chi connectivity index (χ3n) is 4.29. The van der Waals surface area contributed by atoms with Crippen LogP contribution in [0.1, 0.15) is 15.9 Å². The summed E-state index contributed by atoms with van der Waals surface area (Å²) in [6, 6.07) is 19.8. The summed E-state index contributed by atoms with van der Waals surface area (Å²) in [6.45, 7) is 1.90. The molecule has 0 fully saturated rings. The molecule has 2 N–H and O–H groups in total. The Hall–Kier alpha value is -3.73. The molecule has 0 saturated carbocycles. The summed E-state index contributed by atoms with van der Waals surface area (Å²) >= 11 is 0. The minimum absolute atomic E-state index is 0.0252. The van der Waals surface area contributed by atoms with Crippen LogP contribution in [0, 0.1) is 6.92 Å². The van der Waals surface area contributed by atoms with E-state index in [1.807, 2.05) is 49.4 Å². The lowest BCUT2D eigenvalue weighted by atomic mass is 10.1. The summed E-state index contributed by atoms with van der Waals surface area (Å²) in [4.78, 5) is 22.0. The molecule has 2 aromatic carbocycles. The van der Waals surface area contributed by atoms with Crippen molar-refractivity contribution in [2.45, 2.75) is 6.92 Å². The van der Waals surface area contributed by atoms with E-state index in [0.29, 0.717) is 28.2 Å². The van der Waals surface area contributed by atoms with Crippen molar-refractivity contribution < 1.29 is 9.90 Å². The van der Waals surface area contributed by atoms with Crippen molar-refractivity contribution in [2.24, 2.45) is 0 Å². The molecule has 5 nitrogen and oxygen atoms in total. The van der Waals surface area contributed by atoms with Crippen LogP contribution in [-0.2, 0) is 0 Å². The van der Waals surface area contributed by atoms with Crippen LogP contribution in [0.25, 0.3) is 22.3 Å². The van der Waals surface area contributed by atoms with E-state index >= 15 is 0 Å². The van der Waals surface area contributed by atoms with E-state index in [1.165, 1.54) is 0 Å². The Morgan fingerprint density at radius 1 is 0.963 bits per heavy atom. The Balaban J connectivity index is 1.82. The lowest BCUT2D eigenvalue weighted by Gasteiger charge is -2.11. The zero-order valence-corrected chi connectivity index (χ0v) is 14.7. The number of carbonyl (C=O) groups is 1. The fourth-order valence-corrected chi connectivity index (χ4v) is 2.95. The van der Waals surface area contributed by atoms with Crippen molar-refractivity contribution in [3.8, 4) is 17.1 Å². The van der Waals surface area contributed by atoms with Crippen LogP contribution in [0.4, 0.5) is 5.69 Å². The molecule has 27 heavy (non-hydrogen) atoms. The number of hydrogen-bond acceptors (Lipinski definition) is 4. The number of phenols is 1. The molecule has 0 bridgehead atoms. The predicted octanol–water partition coefficient (Wildman–Crippen LogP) is 4.56. The number of amides is 1. The molecule has 0 aliphatic heterocycles. The maximum absolute atomic E-state index is 13.0. The number of aromatic nitrogens is 2. The second kappa shape index (κ2) is 6.88. The molecule has 0 spiro atoms. The molecule has 0 atom stereocenters. The SMILES string of the molecule is Cc1ccc(O)c(NC(=O)c2cc(-c3ccccn3)nc3ccccc23)c1. The minimum Gasteiger partial charge on any atom is -0.506 e. The quantitative estimate of drug-likeness (QED) is 0.528. The van der Waals surface area contributed by atoms with Crippen LogP contribution in [0.15, 0.2) is 72.9 Å². The number of pyridine rings is 2. The number of aryl methyl sites for hydroxylation is 1. The van der Waals surface area contributed by atoms with Gasteiger partial charge in [-0.2, -0.15) is 0 Å². The van der Waals surface area contributed by atoms with Crippen molar-refractivity contribution in [2.75, 3.05) is 5.32 Å². The van der Waals surface area contributed by atoms with Gasteiger partial charge in [-0.15, -0.1) is 0 Å². The van der Waals surface area contributed by atoms with Crippen molar-refractivity contribution in [3.05, 3.63) is 84.1 Å². The molecule has 0 radical (unpaired) electrons. The Labute approximate surface area is 156 Å². The number of carbonyl (C=O) groups excluding carboxylic acids is 1. The second-order valence-electron chi connectivity index (χ2n) is 6.26. The number of para-hydroxylation sites is 1. The number of nitrogens with zero attached hydrogens (tertiary/aromatic N) is 2. The summed E-state index contributed by atoms with van der Waals surface area (Å²) in [5, 5.41) is 13.6. The van der Waals surface area contributed by atoms with Gasteiger partial charge in [0.25, 0.3) is 5.91 Å². The van der Waals surface area contributed by atoms with Crippen LogP contribution < -0.4 is 5.32 Å². The number of nitrogens with one attached hydrogen (secondary N) is 1. The van der Waals surface area contributed by atoms with Crippen LogP contribution >= 0.6 is 0 Å². The van der Waals surface area contributed by atoms with Crippen molar-refractivity contribution in [3.63, 3.8) is 0 Å². The van der Waals surface area contributed by atoms with Crippen molar-refractivity contribution >= 4 is 22.5 Å². The van der Waals surface area contributed by atoms with E-state index in [2.05, 4.69) is 15.3 Å². The molecule has 4 aromatic rings. The standard InChI is InChI=1S/C22H17N3O2/c1-14-9-10-21(26)20(12-14)25-22(27)16-13-19(18-8-4-5-11-23-18)24-17-7-3-2-6-15(16)17/h2-13,26H,1H3,(H,25,27). The number of benzene rings is 2. The monoisotopic (exact) mass is 355 g/mol. The summed E-state index contributed by atoms with van der Waals surface area (Å²) in [6.07, 6.45) is 1.69. The molecular weight excluding hydrogens is 338 g/mol. The van der Waals surface area contributed by atoms with Crippen LogP contribution in [0.5, 0.6) is 5.75 Å². The Morgan fingerprint density at radius 3 is 2.59 bits per heavy atom. The molecule has 132 valence electrons. The van der Waals surface area contributed by atoms with Crippen molar-refractivity contribution in [1.29, 1.82) is 0 Å². The third-order valence-corrected chi connectivity index (χ3v) is 4.29. The van der Waals surface area contributed by atoms with Crippen molar-refractivity contribution in [1.82, 2.24) is 9.97 Å². The molecular formula is C22H17N3O2. The number of rotatable bonds is 3. The Bertz CT molecular complexity index is 1140. The number of aromatic hydroxyl groups is 1. The fraction of sp³-hybridized carbons (Fsp3) is 0.0455. The van der Waals surface area contributed by atoms with Gasteiger partial charge in [-0.25, -0.2) is 4.98 Å². The Morgan fingerprint density at radius 2 is 1.78 bits per heavy atom. The Kier molecular flexibility index (Phi) is 4.26. The van der Waals surface area contributed by atoms with Gasteiger partial charge in [0.2, 0.25) is 0 Å². The van der Waals surface area contributed by atoms with E-state index in [9.17, 15) is 9.90 Å². The van der Waals surface area contributed by atoms with Gasteiger partial charge in [0.15, 0.2) is 0 Å². The van der Waals surface area contributed by atoms with Gasteiger partial charge >= 0.3 is 0 Å². The highest BCUT2D eigenvalue weighted by molar-refractivity contribution is 6.13. The van der Waals surface area contributed by atoms with Gasteiger partial charge in [-0.3, -0.25) is 9.78 Å². The lowest BCUT2D eigenvalue weighted by molar-refractivity contribution is 0.102. The molecule has 4 rings (SSSR count). The molecule has 1 amide bonds. The van der Waals surface area contributed by atoms with Gasteiger partial charge in [-0.05, 0) is 48.9 Å². The van der Waals surface area contributed by atoms with Gasteiger partial charge < -0.3 is 10.4 Å². The number of anilines is 1. The second-order valence-corrected chi connectivity index (χ2v) is 6.26. The highest BCUT2D eigenvalue weighted by Gasteiger charge is 2.16. The van der Waals surface area contributed by atoms with Crippen LogP contribution in [0.3, 0.4) is 0 Å². The maximum Gasteiger partial charge on any atom is 0.256 e. The zero-order valence-electron chi connectivity index (χ0n) is 14.7. The summed E-state index contributed by atoms with van der Waals surface area (Å²) < 4.78 is 0. The summed E-state index contributed by atoms with van der Waals surface area (Å²) in [7, 11) is 0. The minimum atomic E-state index is -0.313. The van der Waals surface area contributed by atoms with E-state index in [4.69, 9.17) is 0 Å². The lowest BCUT2D eigenvalue weighted by Crippen LogP contribution is -2.13. The van der Waals surface area contributed by atoms with E-state index in [-0.39, 0.29) is 11.7 Å². The normalized spacial score (nSPS) is 10.7.